The molecule has 1 aromatic carbocycles. The summed E-state index contributed by atoms with van der Waals surface area (Å²) in [5.74, 6) is -1.26. The Balaban J connectivity index is 3.00. The van der Waals surface area contributed by atoms with Crippen molar-refractivity contribution in [3.63, 3.8) is 0 Å². The van der Waals surface area contributed by atoms with Crippen molar-refractivity contribution in [1.29, 1.82) is 0 Å². The Kier molecular flexibility index (Phi) is 6.07. The molecule has 1 aromatic rings. The molecule has 0 aliphatic carbocycles. The summed E-state index contributed by atoms with van der Waals surface area (Å²) >= 11 is 6.04. The fraction of sp³-hybridized carbons (Fsp3) is 0.182. The molecule has 0 saturated heterocycles. The highest BCUT2D eigenvalue weighted by molar-refractivity contribution is 8.22. The van der Waals surface area contributed by atoms with Gasteiger partial charge in [0.15, 0.2) is 4.32 Å². The number of hydrazone groups is 1. The number of thiocarbonyl (C=S) groups is 1. The monoisotopic (exact) mass is 313 g/mol. The van der Waals surface area contributed by atoms with Crippen molar-refractivity contribution < 1.29 is 14.8 Å². The molecule has 0 amide bonds. The third-order valence-corrected chi connectivity index (χ3v) is 3.31. The number of carboxylic acid groups (broad SMARTS) is 1. The summed E-state index contributed by atoms with van der Waals surface area (Å²) < 4.78 is 0.311. The van der Waals surface area contributed by atoms with Gasteiger partial charge < -0.3 is 5.11 Å². The smallest absolute Gasteiger partial charge is 0.352 e. The zero-order valence-electron chi connectivity index (χ0n) is 10.4. The maximum Gasteiger partial charge on any atom is 0.352 e. The number of nitro groups is 1. The summed E-state index contributed by atoms with van der Waals surface area (Å²) in [6.45, 7) is 0. The van der Waals surface area contributed by atoms with Gasteiger partial charge >= 0.3 is 5.97 Å². The molecule has 7 nitrogen and oxygen atoms in total. The second-order valence-corrected chi connectivity index (χ2v) is 5.01. The lowest BCUT2D eigenvalue weighted by atomic mass is 10.1. The predicted octanol–water partition coefficient (Wildman–Crippen LogP) is 1.82. The van der Waals surface area contributed by atoms with E-state index < -0.39 is 10.9 Å². The maximum atomic E-state index is 11.1. The molecule has 0 atom stereocenters. The Morgan fingerprint density at radius 2 is 2.20 bits per heavy atom. The highest BCUT2D eigenvalue weighted by atomic mass is 32.2. The van der Waals surface area contributed by atoms with E-state index in [0.29, 0.717) is 4.32 Å². The molecule has 0 heterocycles. The molecule has 0 bridgehead atoms. The largest absolute Gasteiger partial charge is 0.477 e. The summed E-state index contributed by atoms with van der Waals surface area (Å²) in [5.41, 5.74) is 2.29. The van der Waals surface area contributed by atoms with E-state index in [2.05, 4.69) is 10.5 Å². The first kappa shape index (κ1) is 16.1. The Hall–Kier alpha value is -2.00. The van der Waals surface area contributed by atoms with E-state index in [4.69, 9.17) is 17.3 Å². The topological polar surface area (TPSA) is 105 Å². The average molecular weight is 313 g/mol. The van der Waals surface area contributed by atoms with Crippen LogP contribution in [0.4, 0.5) is 5.69 Å². The van der Waals surface area contributed by atoms with Crippen LogP contribution in [0.5, 0.6) is 0 Å². The van der Waals surface area contributed by atoms with Gasteiger partial charge in [0.1, 0.15) is 5.71 Å². The molecule has 2 N–H and O–H groups in total. The van der Waals surface area contributed by atoms with E-state index in [1.165, 1.54) is 30.0 Å². The number of carboxylic acids is 1. The molecule has 0 aliphatic heterocycles. The van der Waals surface area contributed by atoms with Crippen LogP contribution < -0.4 is 5.43 Å². The normalized spacial score (nSPS) is 10.9. The summed E-state index contributed by atoms with van der Waals surface area (Å²) in [5, 5.41) is 23.6. The molecule has 1 rings (SSSR count). The van der Waals surface area contributed by atoms with Gasteiger partial charge in [-0.1, -0.05) is 42.2 Å². The van der Waals surface area contributed by atoms with Crippen molar-refractivity contribution in [3.8, 4) is 0 Å². The van der Waals surface area contributed by atoms with Crippen molar-refractivity contribution >= 4 is 45.7 Å². The first-order valence-electron chi connectivity index (χ1n) is 5.31. The summed E-state index contributed by atoms with van der Waals surface area (Å²) in [4.78, 5) is 21.4. The van der Waals surface area contributed by atoms with E-state index in [-0.39, 0.29) is 23.4 Å². The van der Waals surface area contributed by atoms with Gasteiger partial charge in [-0.2, -0.15) is 5.10 Å². The standard InChI is InChI=1S/C11H11N3O4S2/c1-20-11(19)13-12-8(10(15)16)6-7-4-2-3-5-9(7)14(17)18/h2-5H,6H2,1H3,(H,13,19)(H,15,16). The van der Waals surface area contributed by atoms with E-state index >= 15 is 0 Å². The number of rotatable bonds is 5. The van der Waals surface area contributed by atoms with Crippen LogP contribution in [0.1, 0.15) is 5.56 Å². The van der Waals surface area contributed by atoms with Crippen molar-refractivity contribution in [1.82, 2.24) is 5.43 Å². The van der Waals surface area contributed by atoms with Gasteiger partial charge in [-0.05, 0) is 6.26 Å². The number of aliphatic carboxylic acids is 1. The van der Waals surface area contributed by atoms with Crippen LogP contribution in [-0.2, 0) is 11.2 Å². The highest BCUT2D eigenvalue weighted by Gasteiger charge is 2.18. The molecule has 0 saturated carbocycles. The first-order valence-corrected chi connectivity index (χ1v) is 6.95. The molecule has 0 spiro atoms. The molecule has 0 aliphatic rings. The fourth-order valence-corrected chi connectivity index (χ4v) is 1.52. The SMILES string of the molecule is CSC(=S)NN=C(Cc1ccccc1[N+](=O)[O-])C(=O)O. The average Bonchev–Trinajstić information content (AvgIpc) is 2.42. The zero-order valence-corrected chi connectivity index (χ0v) is 12.0. The molecule has 106 valence electrons. The number of para-hydroxylation sites is 1. The van der Waals surface area contributed by atoms with Crippen LogP contribution in [0.15, 0.2) is 29.4 Å². The number of nitrogens with zero attached hydrogens (tertiary/aromatic N) is 2. The lowest BCUT2D eigenvalue weighted by Gasteiger charge is -2.04. The Morgan fingerprint density at radius 1 is 1.55 bits per heavy atom. The molecule has 0 unspecified atom stereocenters. The molecule has 20 heavy (non-hydrogen) atoms. The molecular formula is C11H11N3O4S2. The lowest BCUT2D eigenvalue weighted by Crippen LogP contribution is -2.22. The highest BCUT2D eigenvalue weighted by Crippen LogP contribution is 2.18. The number of benzene rings is 1. The minimum Gasteiger partial charge on any atom is -0.477 e. The molecule has 0 radical (unpaired) electrons. The van der Waals surface area contributed by atoms with Crippen LogP contribution in [0.25, 0.3) is 0 Å². The molecular weight excluding hydrogens is 302 g/mol. The predicted molar refractivity (Wildman–Crippen MR) is 81.1 cm³/mol. The first-order chi connectivity index (χ1) is 9.45. The molecule has 0 fully saturated rings. The Bertz CT molecular complexity index is 575. The Labute approximate surface area is 124 Å². The van der Waals surface area contributed by atoms with E-state index in [0.717, 1.165) is 0 Å². The number of hydrogen-bond acceptors (Lipinski definition) is 6. The van der Waals surface area contributed by atoms with Crippen molar-refractivity contribution in [2.75, 3.05) is 6.26 Å². The van der Waals surface area contributed by atoms with Gasteiger partial charge in [0.05, 0.1) is 4.92 Å². The number of thioether (sulfide) groups is 1. The van der Waals surface area contributed by atoms with Gasteiger partial charge in [0.25, 0.3) is 5.69 Å². The van der Waals surface area contributed by atoms with Crippen LogP contribution in [0, 0.1) is 10.1 Å². The third-order valence-electron chi connectivity index (χ3n) is 2.26. The van der Waals surface area contributed by atoms with Gasteiger partial charge in [-0.15, -0.1) is 0 Å². The minimum atomic E-state index is -1.26. The van der Waals surface area contributed by atoms with Crippen LogP contribution >= 0.6 is 24.0 Å². The van der Waals surface area contributed by atoms with Crippen LogP contribution in [0.3, 0.4) is 0 Å². The van der Waals surface area contributed by atoms with E-state index in [1.807, 2.05) is 0 Å². The zero-order chi connectivity index (χ0) is 15.1. The van der Waals surface area contributed by atoms with Crippen LogP contribution in [0.2, 0.25) is 0 Å². The van der Waals surface area contributed by atoms with Crippen molar-refractivity contribution in [2.24, 2.45) is 5.10 Å². The number of nitro benzene ring substituents is 1. The van der Waals surface area contributed by atoms with Crippen molar-refractivity contribution in [3.05, 3.63) is 39.9 Å². The number of hydrogen-bond donors (Lipinski definition) is 2. The second-order valence-electron chi connectivity index (χ2n) is 3.53. The van der Waals surface area contributed by atoms with E-state index in [9.17, 15) is 14.9 Å². The molecule has 9 heteroatoms. The van der Waals surface area contributed by atoms with Gasteiger partial charge in [-0.3, -0.25) is 15.5 Å². The quantitative estimate of drug-likeness (QED) is 0.369. The minimum absolute atomic E-state index is 0.145. The third kappa shape index (κ3) is 4.59. The van der Waals surface area contributed by atoms with Gasteiger partial charge in [0, 0.05) is 18.1 Å². The Morgan fingerprint density at radius 3 is 2.75 bits per heavy atom. The fourth-order valence-electron chi connectivity index (χ4n) is 1.34. The summed E-state index contributed by atoms with van der Waals surface area (Å²) in [6, 6.07) is 5.92. The maximum absolute atomic E-state index is 11.1. The summed E-state index contributed by atoms with van der Waals surface area (Å²) in [7, 11) is 0. The second kappa shape index (κ2) is 7.56. The van der Waals surface area contributed by atoms with Crippen molar-refractivity contribution in [2.45, 2.75) is 6.42 Å². The van der Waals surface area contributed by atoms with Gasteiger partial charge in [0.2, 0.25) is 0 Å². The lowest BCUT2D eigenvalue weighted by molar-refractivity contribution is -0.385. The van der Waals surface area contributed by atoms with E-state index in [1.54, 1.807) is 12.3 Å². The summed E-state index contributed by atoms with van der Waals surface area (Å²) in [6.07, 6.45) is 1.55. The number of nitrogens with one attached hydrogen (secondary N) is 1. The number of carbonyl (C=O) groups is 1. The van der Waals surface area contributed by atoms with Crippen LogP contribution in [-0.4, -0.2) is 32.3 Å². The van der Waals surface area contributed by atoms with Gasteiger partial charge in [-0.25, -0.2) is 4.79 Å². The molecule has 0 aromatic heterocycles.